The number of nitrogens with two attached hydrogens (primary N) is 1. The van der Waals surface area contributed by atoms with Crippen molar-refractivity contribution < 1.29 is 19.1 Å². The highest BCUT2D eigenvalue weighted by Gasteiger charge is 2.46. The third-order valence-corrected chi connectivity index (χ3v) is 4.56. The van der Waals surface area contributed by atoms with Crippen molar-refractivity contribution in [1.82, 2.24) is 9.80 Å². The van der Waals surface area contributed by atoms with Crippen LogP contribution in [0, 0.1) is 0 Å². The zero-order valence-corrected chi connectivity index (χ0v) is 13.6. The van der Waals surface area contributed by atoms with E-state index in [1.54, 1.807) is 4.90 Å². The van der Waals surface area contributed by atoms with E-state index in [-0.39, 0.29) is 18.5 Å². The number of rotatable bonds is 6. The van der Waals surface area contributed by atoms with E-state index in [4.69, 9.17) is 15.2 Å². The van der Waals surface area contributed by atoms with Crippen LogP contribution < -0.4 is 10.5 Å². The summed E-state index contributed by atoms with van der Waals surface area (Å²) >= 11 is 0. The lowest BCUT2D eigenvalue weighted by atomic mass is 9.91. The number of benzene rings is 1. The fraction of sp³-hybridized carbons (Fsp3) is 0.529. The summed E-state index contributed by atoms with van der Waals surface area (Å²) in [5.74, 6) is 0.466. The van der Waals surface area contributed by atoms with Crippen LogP contribution in [0.5, 0.6) is 5.75 Å². The monoisotopic (exact) mass is 333 g/mol. The Hall–Kier alpha value is -2.28. The van der Waals surface area contributed by atoms with Crippen molar-refractivity contribution in [2.75, 3.05) is 39.3 Å². The molecule has 0 saturated carbocycles. The summed E-state index contributed by atoms with van der Waals surface area (Å²) < 4.78 is 11.3. The van der Waals surface area contributed by atoms with Crippen molar-refractivity contribution in [2.24, 2.45) is 5.73 Å². The summed E-state index contributed by atoms with van der Waals surface area (Å²) in [6.45, 7) is 3.20. The van der Waals surface area contributed by atoms with Crippen molar-refractivity contribution in [3.8, 4) is 5.75 Å². The highest BCUT2D eigenvalue weighted by atomic mass is 16.6. The maximum atomic E-state index is 12.1. The number of carbonyl (C=O) groups is 2. The van der Waals surface area contributed by atoms with Crippen LogP contribution in [0.25, 0.3) is 0 Å². The lowest BCUT2D eigenvalue weighted by Crippen LogP contribution is -2.49. The number of amides is 2. The zero-order valence-electron chi connectivity index (χ0n) is 13.6. The van der Waals surface area contributed by atoms with Gasteiger partial charge in [-0.1, -0.05) is 18.2 Å². The molecule has 7 heteroatoms. The molecule has 0 unspecified atom stereocenters. The van der Waals surface area contributed by atoms with E-state index in [0.29, 0.717) is 32.8 Å². The first-order chi connectivity index (χ1) is 11.6. The van der Waals surface area contributed by atoms with Gasteiger partial charge in [-0.2, -0.15) is 0 Å². The van der Waals surface area contributed by atoms with E-state index >= 15 is 0 Å². The Morgan fingerprint density at radius 3 is 2.62 bits per heavy atom. The number of piperidine rings is 1. The molecule has 3 rings (SSSR count). The second-order valence-corrected chi connectivity index (χ2v) is 6.38. The predicted molar refractivity (Wildman–Crippen MR) is 87.6 cm³/mol. The average molecular weight is 333 g/mol. The number of ether oxygens (including phenoxy) is 2. The van der Waals surface area contributed by atoms with Crippen LogP contribution >= 0.6 is 0 Å². The van der Waals surface area contributed by atoms with Crippen molar-refractivity contribution in [3.63, 3.8) is 0 Å². The van der Waals surface area contributed by atoms with Gasteiger partial charge in [-0.15, -0.1) is 0 Å². The number of para-hydroxylation sites is 1. The summed E-state index contributed by atoms with van der Waals surface area (Å²) in [5.41, 5.74) is 4.79. The van der Waals surface area contributed by atoms with Crippen LogP contribution in [0.1, 0.15) is 12.8 Å². The molecule has 1 aromatic rings. The SMILES string of the molecule is NC(=O)CN1CCC2(CC1)CN(CCOc1ccccc1)C(=O)O2. The second-order valence-electron chi connectivity index (χ2n) is 6.38. The first-order valence-corrected chi connectivity index (χ1v) is 8.23. The first-order valence-electron chi connectivity index (χ1n) is 8.23. The van der Waals surface area contributed by atoms with Crippen LogP contribution in [-0.2, 0) is 9.53 Å². The van der Waals surface area contributed by atoms with Crippen LogP contribution in [0.15, 0.2) is 30.3 Å². The third kappa shape index (κ3) is 3.97. The van der Waals surface area contributed by atoms with E-state index < -0.39 is 5.60 Å². The Bertz CT molecular complexity index is 585. The van der Waals surface area contributed by atoms with Crippen molar-refractivity contribution >= 4 is 12.0 Å². The fourth-order valence-electron chi connectivity index (χ4n) is 3.25. The molecular weight excluding hydrogens is 310 g/mol. The standard InChI is InChI=1S/C17H23N3O4/c18-15(21)12-19-8-6-17(7-9-19)13-20(16(22)24-17)10-11-23-14-4-2-1-3-5-14/h1-5H,6-13H2,(H2,18,21). The summed E-state index contributed by atoms with van der Waals surface area (Å²) in [6.07, 6.45) is 1.17. The van der Waals surface area contributed by atoms with Crippen LogP contribution in [0.2, 0.25) is 0 Å². The zero-order chi connectivity index (χ0) is 17.0. The fourth-order valence-corrected chi connectivity index (χ4v) is 3.25. The minimum atomic E-state index is -0.433. The topological polar surface area (TPSA) is 85.1 Å². The maximum absolute atomic E-state index is 12.1. The first kappa shape index (κ1) is 16.6. The summed E-state index contributed by atoms with van der Waals surface area (Å²) in [4.78, 5) is 26.8. The van der Waals surface area contributed by atoms with Gasteiger partial charge in [0.1, 0.15) is 18.0 Å². The van der Waals surface area contributed by atoms with E-state index in [9.17, 15) is 9.59 Å². The van der Waals surface area contributed by atoms with E-state index in [2.05, 4.69) is 0 Å². The molecule has 130 valence electrons. The molecule has 2 fully saturated rings. The molecule has 0 atom stereocenters. The second kappa shape index (κ2) is 7.09. The third-order valence-electron chi connectivity index (χ3n) is 4.56. The number of carbonyl (C=O) groups excluding carboxylic acids is 2. The molecule has 2 amide bonds. The minimum Gasteiger partial charge on any atom is -0.492 e. The summed E-state index contributed by atoms with van der Waals surface area (Å²) in [7, 11) is 0. The lowest BCUT2D eigenvalue weighted by molar-refractivity contribution is -0.120. The largest absolute Gasteiger partial charge is 0.492 e. The van der Waals surface area contributed by atoms with Crippen molar-refractivity contribution in [1.29, 1.82) is 0 Å². The molecule has 0 bridgehead atoms. The smallest absolute Gasteiger partial charge is 0.410 e. The maximum Gasteiger partial charge on any atom is 0.410 e. The minimum absolute atomic E-state index is 0.263. The lowest BCUT2D eigenvalue weighted by Gasteiger charge is -2.36. The van der Waals surface area contributed by atoms with Gasteiger partial charge >= 0.3 is 6.09 Å². The molecule has 0 aliphatic carbocycles. The molecular formula is C17H23N3O4. The number of nitrogens with zero attached hydrogens (tertiary/aromatic N) is 2. The predicted octanol–water partition coefficient (Wildman–Crippen LogP) is 0.837. The van der Waals surface area contributed by atoms with E-state index in [1.807, 2.05) is 35.2 Å². The Labute approximate surface area is 141 Å². The van der Waals surface area contributed by atoms with Gasteiger partial charge in [0.15, 0.2) is 0 Å². The Morgan fingerprint density at radius 2 is 1.96 bits per heavy atom. The molecule has 2 aliphatic heterocycles. The average Bonchev–Trinajstić information content (AvgIpc) is 2.86. The van der Waals surface area contributed by atoms with Gasteiger partial charge in [0.05, 0.1) is 19.6 Å². The molecule has 2 saturated heterocycles. The van der Waals surface area contributed by atoms with Crippen molar-refractivity contribution in [2.45, 2.75) is 18.4 Å². The Balaban J connectivity index is 1.46. The molecule has 24 heavy (non-hydrogen) atoms. The molecule has 2 heterocycles. The number of likely N-dealkylation sites (tertiary alicyclic amines) is 1. The summed E-state index contributed by atoms with van der Waals surface area (Å²) in [6, 6.07) is 9.53. The quantitative estimate of drug-likeness (QED) is 0.834. The number of primary amides is 1. The van der Waals surface area contributed by atoms with Gasteiger partial charge in [0.25, 0.3) is 0 Å². The summed E-state index contributed by atoms with van der Waals surface area (Å²) in [5, 5.41) is 0. The van der Waals surface area contributed by atoms with Gasteiger partial charge in [-0.05, 0) is 12.1 Å². The molecule has 1 spiro atoms. The number of hydrogen-bond donors (Lipinski definition) is 1. The number of hydrogen-bond acceptors (Lipinski definition) is 5. The molecule has 2 N–H and O–H groups in total. The van der Waals surface area contributed by atoms with E-state index in [0.717, 1.165) is 18.6 Å². The molecule has 2 aliphatic rings. The Morgan fingerprint density at radius 1 is 1.25 bits per heavy atom. The highest BCUT2D eigenvalue weighted by Crippen LogP contribution is 2.33. The molecule has 0 aromatic heterocycles. The van der Waals surface area contributed by atoms with Gasteiger partial charge in [0.2, 0.25) is 5.91 Å². The van der Waals surface area contributed by atoms with Gasteiger partial charge in [0, 0.05) is 25.9 Å². The molecule has 7 nitrogen and oxygen atoms in total. The van der Waals surface area contributed by atoms with Crippen LogP contribution in [0.3, 0.4) is 0 Å². The van der Waals surface area contributed by atoms with Gasteiger partial charge in [-0.3, -0.25) is 9.69 Å². The molecule has 0 radical (unpaired) electrons. The van der Waals surface area contributed by atoms with E-state index in [1.165, 1.54) is 0 Å². The molecule has 1 aromatic carbocycles. The van der Waals surface area contributed by atoms with Gasteiger partial charge in [-0.25, -0.2) is 4.79 Å². The van der Waals surface area contributed by atoms with Crippen LogP contribution in [0.4, 0.5) is 4.79 Å². The van der Waals surface area contributed by atoms with Crippen LogP contribution in [-0.4, -0.2) is 66.7 Å². The van der Waals surface area contributed by atoms with Gasteiger partial charge < -0.3 is 20.1 Å². The normalized spacial score (nSPS) is 20.2. The Kier molecular flexibility index (Phi) is 4.89. The highest BCUT2D eigenvalue weighted by molar-refractivity contribution is 5.76. The van der Waals surface area contributed by atoms with Crippen molar-refractivity contribution in [3.05, 3.63) is 30.3 Å².